The lowest BCUT2D eigenvalue weighted by molar-refractivity contribution is -0.137. The van der Waals surface area contributed by atoms with Crippen LogP contribution in [0.2, 0.25) is 0 Å². The third-order valence-corrected chi connectivity index (χ3v) is 3.35. The highest BCUT2D eigenvalue weighted by Crippen LogP contribution is 1.94. The van der Waals surface area contributed by atoms with Crippen molar-refractivity contribution in [1.82, 2.24) is 10.6 Å². The van der Waals surface area contributed by atoms with Crippen LogP contribution < -0.4 is 10.6 Å². The Hall–Kier alpha value is -1.37. The minimum Gasteiger partial charge on any atom is -0.461 e. The molecular weight excluding hydrogens is 256 g/mol. The maximum atomic E-state index is 11.4. The van der Waals surface area contributed by atoms with E-state index in [4.69, 9.17) is 0 Å². The van der Waals surface area contributed by atoms with Gasteiger partial charge in [0.15, 0.2) is 0 Å². The maximum Gasteiger partial charge on any atom is 0.330 e. The molecule has 0 aliphatic rings. The van der Waals surface area contributed by atoms with Gasteiger partial charge in [0.05, 0.1) is 6.54 Å². The molecule has 7 heteroatoms. The van der Waals surface area contributed by atoms with Crippen LogP contribution in [0.4, 0.5) is 4.79 Å². The number of amides is 2. The molecule has 0 aliphatic heterocycles. The van der Waals surface area contributed by atoms with Gasteiger partial charge in [-0.25, -0.2) is 9.59 Å². The van der Waals surface area contributed by atoms with Crippen LogP contribution in [-0.4, -0.2) is 54.2 Å². The average molecular weight is 278 g/mol. The third kappa shape index (κ3) is 11.1. The van der Waals surface area contributed by atoms with Gasteiger partial charge in [0.25, 0.3) is 0 Å². The van der Waals surface area contributed by atoms with Crippen LogP contribution in [-0.2, 0) is 19.5 Å². The molecule has 0 rings (SSSR count). The number of carbonyl (C=O) groups excluding carboxylic acids is 2. The topological polar surface area (TPSA) is 84.5 Å². The van der Waals surface area contributed by atoms with E-state index in [1.807, 2.05) is 0 Å². The Balaban J connectivity index is 3.46. The Bertz CT molecular complexity index is 338. The second kappa shape index (κ2) is 8.68. The van der Waals surface area contributed by atoms with E-state index in [0.29, 0.717) is 18.7 Å². The Morgan fingerprint density at radius 2 is 1.89 bits per heavy atom. The van der Waals surface area contributed by atoms with Crippen LogP contribution in [0.15, 0.2) is 12.7 Å². The summed E-state index contributed by atoms with van der Waals surface area (Å²) < 4.78 is 16.1. The summed E-state index contributed by atoms with van der Waals surface area (Å²) in [7, 11) is -2.00. The normalized spacial score (nSPS) is 11.4. The molecule has 0 heterocycles. The quantitative estimate of drug-likeness (QED) is 0.246. The standard InChI is InChI=1S/C11H22N2O4S/c1-4-10(14)17-8-7-13-11(15)12-6-5-9-18(2,3)16/h4,18H,1,5-9H2,2-3H3,(H2,12,13,15). The molecule has 0 saturated carbocycles. The van der Waals surface area contributed by atoms with Crippen molar-refractivity contribution in [2.75, 3.05) is 38.0 Å². The monoisotopic (exact) mass is 278 g/mol. The Kier molecular flexibility index (Phi) is 8.02. The number of rotatable bonds is 8. The van der Waals surface area contributed by atoms with Gasteiger partial charge >= 0.3 is 12.0 Å². The highest BCUT2D eigenvalue weighted by molar-refractivity contribution is 8.01. The van der Waals surface area contributed by atoms with Crippen molar-refractivity contribution in [3.8, 4) is 0 Å². The number of carbonyl (C=O) groups is 2. The second-order valence-corrected chi connectivity index (χ2v) is 7.80. The van der Waals surface area contributed by atoms with E-state index in [2.05, 4.69) is 21.9 Å². The van der Waals surface area contributed by atoms with Crippen molar-refractivity contribution in [1.29, 1.82) is 0 Å². The van der Waals surface area contributed by atoms with Gasteiger partial charge < -0.3 is 15.4 Å². The van der Waals surface area contributed by atoms with Crippen molar-refractivity contribution >= 4 is 21.9 Å². The van der Waals surface area contributed by atoms with Crippen LogP contribution >= 0.6 is 0 Å². The number of ether oxygens (including phenoxy) is 1. The zero-order chi connectivity index (χ0) is 14.0. The molecule has 106 valence electrons. The fourth-order valence-corrected chi connectivity index (χ4v) is 2.02. The fraction of sp³-hybridized carbons (Fsp3) is 0.636. The number of urea groups is 1. The molecule has 0 saturated heterocycles. The van der Waals surface area contributed by atoms with Gasteiger partial charge in [-0.05, 0) is 18.9 Å². The van der Waals surface area contributed by atoms with Crippen molar-refractivity contribution in [3.63, 3.8) is 0 Å². The number of thiol groups is 1. The summed E-state index contributed by atoms with van der Waals surface area (Å²) in [5.74, 6) is 0.100. The summed E-state index contributed by atoms with van der Waals surface area (Å²) in [4.78, 5) is 21.9. The summed E-state index contributed by atoms with van der Waals surface area (Å²) in [6.07, 6.45) is 5.19. The van der Waals surface area contributed by atoms with E-state index in [1.165, 1.54) is 0 Å². The zero-order valence-electron chi connectivity index (χ0n) is 10.9. The molecule has 0 spiro atoms. The van der Waals surface area contributed by atoms with Gasteiger partial charge in [0.1, 0.15) is 6.61 Å². The molecule has 0 aromatic rings. The summed E-state index contributed by atoms with van der Waals surface area (Å²) >= 11 is 0. The SMILES string of the molecule is C=CC(=O)OCCNC(=O)NCCC[SH](C)(C)=O. The van der Waals surface area contributed by atoms with Crippen molar-refractivity contribution in [3.05, 3.63) is 12.7 Å². The first kappa shape index (κ1) is 16.6. The molecule has 18 heavy (non-hydrogen) atoms. The second-order valence-electron chi connectivity index (χ2n) is 4.21. The molecule has 6 nitrogen and oxygen atoms in total. The summed E-state index contributed by atoms with van der Waals surface area (Å²) in [6.45, 7) is 4.07. The van der Waals surface area contributed by atoms with Gasteiger partial charge in [0.2, 0.25) is 0 Å². The lowest BCUT2D eigenvalue weighted by Gasteiger charge is -2.12. The lowest BCUT2D eigenvalue weighted by Crippen LogP contribution is -2.38. The summed E-state index contributed by atoms with van der Waals surface area (Å²) in [5, 5.41) is 5.15. The molecule has 0 radical (unpaired) electrons. The van der Waals surface area contributed by atoms with E-state index in [-0.39, 0.29) is 19.2 Å². The van der Waals surface area contributed by atoms with Gasteiger partial charge in [-0.15, -0.1) is 9.93 Å². The fourth-order valence-electron chi connectivity index (χ4n) is 1.10. The van der Waals surface area contributed by atoms with E-state index < -0.39 is 15.9 Å². The Morgan fingerprint density at radius 1 is 1.28 bits per heavy atom. The predicted octanol–water partition coefficient (Wildman–Crippen LogP) is -0.319. The zero-order valence-corrected chi connectivity index (χ0v) is 11.8. The van der Waals surface area contributed by atoms with E-state index in [1.54, 1.807) is 12.5 Å². The maximum absolute atomic E-state index is 11.4. The van der Waals surface area contributed by atoms with Crippen LogP contribution in [0.5, 0.6) is 0 Å². The van der Waals surface area contributed by atoms with Crippen LogP contribution in [0.3, 0.4) is 0 Å². The number of nitrogens with one attached hydrogen (secondary N) is 2. The smallest absolute Gasteiger partial charge is 0.330 e. The minimum absolute atomic E-state index is 0.109. The number of hydrogen-bond acceptors (Lipinski definition) is 4. The molecule has 2 N–H and O–H groups in total. The van der Waals surface area contributed by atoms with Crippen LogP contribution in [0.1, 0.15) is 6.42 Å². The van der Waals surface area contributed by atoms with E-state index in [0.717, 1.165) is 6.08 Å². The lowest BCUT2D eigenvalue weighted by atomic mass is 10.5. The van der Waals surface area contributed by atoms with Crippen LogP contribution in [0.25, 0.3) is 0 Å². The summed E-state index contributed by atoms with van der Waals surface area (Å²) in [6, 6.07) is -0.327. The first-order valence-electron chi connectivity index (χ1n) is 5.70. The Labute approximate surface area is 109 Å². The van der Waals surface area contributed by atoms with Crippen LogP contribution in [0, 0.1) is 0 Å². The number of esters is 1. The molecule has 0 atom stereocenters. The highest BCUT2D eigenvalue weighted by atomic mass is 32.2. The van der Waals surface area contributed by atoms with Crippen molar-refractivity contribution < 1.29 is 18.5 Å². The summed E-state index contributed by atoms with van der Waals surface area (Å²) in [5.41, 5.74) is 0. The van der Waals surface area contributed by atoms with Gasteiger partial charge in [0, 0.05) is 18.4 Å². The van der Waals surface area contributed by atoms with Crippen molar-refractivity contribution in [2.24, 2.45) is 0 Å². The molecule has 0 aromatic carbocycles. The highest BCUT2D eigenvalue weighted by Gasteiger charge is 2.02. The first-order valence-corrected chi connectivity index (χ1v) is 8.48. The minimum atomic E-state index is -2.00. The largest absolute Gasteiger partial charge is 0.461 e. The van der Waals surface area contributed by atoms with Gasteiger partial charge in [-0.1, -0.05) is 6.58 Å². The average Bonchev–Trinajstić information content (AvgIpc) is 2.28. The first-order chi connectivity index (χ1) is 8.35. The molecule has 2 amide bonds. The molecular formula is C11H22N2O4S. The Morgan fingerprint density at radius 3 is 2.44 bits per heavy atom. The van der Waals surface area contributed by atoms with E-state index in [9.17, 15) is 13.8 Å². The van der Waals surface area contributed by atoms with Gasteiger partial charge in [-0.2, -0.15) is 0 Å². The van der Waals surface area contributed by atoms with Crippen molar-refractivity contribution in [2.45, 2.75) is 6.42 Å². The molecule has 0 unspecified atom stereocenters. The number of hydrogen-bond donors (Lipinski definition) is 3. The predicted molar refractivity (Wildman–Crippen MR) is 73.4 cm³/mol. The van der Waals surface area contributed by atoms with Gasteiger partial charge in [-0.3, -0.25) is 4.21 Å². The molecule has 0 aromatic heterocycles. The van der Waals surface area contributed by atoms with E-state index >= 15 is 0 Å². The third-order valence-electron chi connectivity index (χ3n) is 1.96. The molecule has 0 aliphatic carbocycles. The molecule has 0 bridgehead atoms. The molecule has 0 fully saturated rings.